The van der Waals surface area contributed by atoms with Gasteiger partial charge in [-0.05, 0) is 73.4 Å². The minimum atomic E-state index is -0.224. The van der Waals surface area contributed by atoms with E-state index >= 15 is 0 Å². The van der Waals surface area contributed by atoms with Gasteiger partial charge in [0, 0.05) is 23.7 Å². The lowest BCUT2D eigenvalue weighted by Gasteiger charge is -2.15. The van der Waals surface area contributed by atoms with Gasteiger partial charge in [-0.1, -0.05) is 47.5 Å². The van der Waals surface area contributed by atoms with Crippen molar-refractivity contribution in [1.29, 1.82) is 0 Å². The number of anilines is 2. The van der Waals surface area contributed by atoms with E-state index in [1.54, 1.807) is 17.8 Å². The van der Waals surface area contributed by atoms with Crippen LogP contribution in [0.15, 0.2) is 42.5 Å². The summed E-state index contributed by atoms with van der Waals surface area (Å²) in [5, 5.41) is 9.14. The van der Waals surface area contributed by atoms with Crippen molar-refractivity contribution in [3.63, 3.8) is 0 Å². The Hall–Kier alpha value is -2.36. The lowest BCUT2D eigenvalue weighted by Crippen LogP contribution is -2.17. The Morgan fingerprint density at radius 1 is 1.09 bits per heavy atom. The number of halogens is 1. The van der Waals surface area contributed by atoms with Crippen LogP contribution in [0.25, 0.3) is 0 Å². The number of nitrogens with zero attached hydrogens (tertiary/aromatic N) is 2. The highest BCUT2D eigenvalue weighted by atomic mass is 35.5. The van der Waals surface area contributed by atoms with Gasteiger partial charge in [-0.2, -0.15) is 5.10 Å². The SMILES string of the molecule is Cc1ccc(C2CC3CC(c4nn(C)c(N)c4C(=O)Nc4ccc(P)c(Cl)c4)CC3C2)cc1. The van der Waals surface area contributed by atoms with Crippen molar-refractivity contribution in [1.82, 2.24) is 9.78 Å². The van der Waals surface area contributed by atoms with Crippen molar-refractivity contribution in [3.05, 3.63) is 69.9 Å². The normalized spacial score (nSPS) is 24.1. The second kappa shape index (κ2) is 8.77. The Morgan fingerprint density at radius 3 is 2.36 bits per heavy atom. The molecule has 0 spiro atoms. The molecule has 0 bridgehead atoms. The summed E-state index contributed by atoms with van der Waals surface area (Å²) in [5.74, 6) is 2.44. The van der Waals surface area contributed by atoms with Gasteiger partial charge < -0.3 is 11.1 Å². The van der Waals surface area contributed by atoms with Crippen LogP contribution in [0.4, 0.5) is 11.5 Å². The molecule has 3 aromatic rings. The van der Waals surface area contributed by atoms with Crippen LogP contribution in [0.2, 0.25) is 5.02 Å². The Labute approximate surface area is 202 Å². The quantitative estimate of drug-likeness (QED) is 0.491. The van der Waals surface area contributed by atoms with Gasteiger partial charge in [0.05, 0.1) is 5.69 Å². The Balaban J connectivity index is 1.33. The number of amides is 1. The molecular formula is C26H30ClN4OP. The minimum Gasteiger partial charge on any atom is -0.383 e. The van der Waals surface area contributed by atoms with Gasteiger partial charge in [0.1, 0.15) is 11.4 Å². The average molecular weight is 481 g/mol. The minimum absolute atomic E-state index is 0.224. The number of hydrogen-bond donors (Lipinski definition) is 2. The fourth-order valence-corrected chi connectivity index (χ4v) is 6.19. The maximum absolute atomic E-state index is 13.2. The molecule has 3 unspecified atom stereocenters. The van der Waals surface area contributed by atoms with Gasteiger partial charge in [0.25, 0.3) is 5.91 Å². The van der Waals surface area contributed by atoms with E-state index in [9.17, 15) is 4.79 Å². The van der Waals surface area contributed by atoms with E-state index in [0.29, 0.717) is 39.8 Å². The number of hydrogen-bond acceptors (Lipinski definition) is 3. The summed E-state index contributed by atoms with van der Waals surface area (Å²) in [6.07, 6.45) is 4.57. The summed E-state index contributed by atoms with van der Waals surface area (Å²) >= 11 is 6.22. The monoisotopic (exact) mass is 480 g/mol. The van der Waals surface area contributed by atoms with Crippen LogP contribution in [0.5, 0.6) is 0 Å². The number of nitrogens with one attached hydrogen (secondary N) is 1. The van der Waals surface area contributed by atoms with E-state index < -0.39 is 0 Å². The van der Waals surface area contributed by atoms with Crippen molar-refractivity contribution in [2.45, 2.75) is 44.4 Å². The highest BCUT2D eigenvalue weighted by Gasteiger charge is 2.44. The highest BCUT2D eigenvalue weighted by Crippen LogP contribution is 2.55. The molecule has 2 saturated carbocycles. The molecular weight excluding hydrogens is 451 g/mol. The number of nitrogens with two attached hydrogens (primary N) is 1. The molecule has 172 valence electrons. The number of rotatable bonds is 4. The topological polar surface area (TPSA) is 72.9 Å². The Morgan fingerprint density at radius 2 is 1.73 bits per heavy atom. The maximum Gasteiger partial charge on any atom is 0.261 e. The first-order valence-corrected chi connectivity index (χ1v) is 12.5. The zero-order chi connectivity index (χ0) is 23.3. The zero-order valence-corrected chi connectivity index (χ0v) is 20.9. The molecule has 1 heterocycles. The lowest BCUT2D eigenvalue weighted by atomic mass is 9.90. The van der Waals surface area contributed by atoms with Crippen LogP contribution in [-0.2, 0) is 7.05 Å². The third-order valence-corrected chi connectivity index (χ3v) is 8.57. The van der Waals surface area contributed by atoms with Crippen LogP contribution in [0.3, 0.4) is 0 Å². The van der Waals surface area contributed by atoms with Crippen molar-refractivity contribution >= 4 is 43.6 Å². The molecule has 7 heteroatoms. The highest BCUT2D eigenvalue weighted by molar-refractivity contribution is 7.28. The molecule has 1 aromatic heterocycles. The largest absolute Gasteiger partial charge is 0.383 e. The van der Waals surface area contributed by atoms with Gasteiger partial charge in [0.15, 0.2) is 0 Å². The van der Waals surface area contributed by atoms with Crippen molar-refractivity contribution in [2.75, 3.05) is 11.1 Å². The van der Waals surface area contributed by atoms with Crippen molar-refractivity contribution in [3.8, 4) is 0 Å². The van der Waals surface area contributed by atoms with E-state index in [-0.39, 0.29) is 11.8 Å². The number of fused-ring (bicyclic) bond motifs is 1. The number of carbonyl (C=O) groups is 1. The maximum atomic E-state index is 13.2. The van der Waals surface area contributed by atoms with Gasteiger partial charge in [0.2, 0.25) is 0 Å². The molecule has 3 N–H and O–H groups in total. The first-order valence-electron chi connectivity index (χ1n) is 11.6. The Kier molecular flexibility index (Phi) is 5.96. The molecule has 2 fully saturated rings. The van der Waals surface area contributed by atoms with Crippen molar-refractivity contribution < 1.29 is 4.79 Å². The van der Waals surface area contributed by atoms with E-state index in [4.69, 9.17) is 22.4 Å². The molecule has 0 radical (unpaired) electrons. The molecule has 0 saturated heterocycles. The van der Waals surface area contributed by atoms with Crippen LogP contribution in [0, 0.1) is 18.8 Å². The number of aromatic nitrogens is 2. The van der Waals surface area contributed by atoms with Crippen LogP contribution in [-0.4, -0.2) is 15.7 Å². The molecule has 2 aliphatic carbocycles. The molecule has 1 amide bonds. The van der Waals surface area contributed by atoms with E-state index in [0.717, 1.165) is 23.8 Å². The lowest BCUT2D eigenvalue weighted by molar-refractivity contribution is 0.102. The number of nitrogen functional groups attached to an aromatic ring is 1. The van der Waals surface area contributed by atoms with Gasteiger partial charge >= 0.3 is 0 Å². The second-order valence-electron chi connectivity index (χ2n) is 9.73. The predicted octanol–water partition coefficient (Wildman–Crippen LogP) is 5.40. The number of carbonyl (C=O) groups excluding carboxylic acids is 1. The zero-order valence-electron chi connectivity index (χ0n) is 19.0. The molecule has 2 aromatic carbocycles. The summed E-state index contributed by atoms with van der Waals surface area (Å²) in [6.45, 7) is 2.14. The van der Waals surface area contributed by atoms with E-state index in [1.165, 1.54) is 24.0 Å². The van der Waals surface area contributed by atoms with Gasteiger partial charge in [-0.15, -0.1) is 9.24 Å². The Bertz CT molecular complexity index is 1190. The van der Waals surface area contributed by atoms with Crippen LogP contribution >= 0.6 is 20.8 Å². The summed E-state index contributed by atoms with van der Waals surface area (Å²) in [6, 6.07) is 14.5. The standard InChI is InChI=1S/C26H30ClN4OP/c1-14-3-5-15(6-4-14)16-9-17-11-19(12-18(17)10-16)24-23(25(28)31(2)30-24)26(32)29-20-7-8-22(33)21(27)13-20/h3-8,13,16-19H,9-12,28,33H2,1-2H3,(H,29,32). The predicted molar refractivity (Wildman–Crippen MR) is 138 cm³/mol. The van der Waals surface area contributed by atoms with E-state index in [1.807, 2.05) is 12.1 Å². The third kappa shape index (κ3) is 4.29. The molecule has 33 heavy (non-hydrogen) atoms. The molecule has 2 aliphatic rings. The smallest absolute Gasteiger partial charge is 0.261 e. The van der Waals surface area contributed by atoms with Gasteiger partial charge in [-0.25, -0.2) is 0 Å². The van der Waals surface area contributed by atoms with Crippen LogP contribution < -0.4 is 16.4 Å². The fourth-order valence-electron chi connectivity index (χ4n) is 5.83. The summed E-state index contributed by atoms with van der Waals surface area (Å²) in [4.78, 5) is 13.2. The van der Waals surface area contributed by atoms with Crippen LogP contribution in [0.1, 0.15) is 64.7 Å². The average Bonchev–Trinajstić information content (AvgIpc) is 3.43. The molecule has 0 aliphatic heterocycles. The summed E-state index contributed by atoms with van der Waals surface area (Å²) in [5.41, 5.74) is 11.1. The third-order valence-electron chi connectivity index (χ3n) is 7.56. The van der Waals surface area contributed by atoms with Crippen molar-refractivity contribution in [2.24, 2.45) is 18.9 Å². The molecule has 5 nitrogen and oxygen atoms in total. The number of aryl methyl sites for hydroxylation is 2. The van der Waals surface area contributed by atoms with E-state index in [2.05, 4.69) is 45.7 Å². The molecule has 3 atom stereocenters. The summed E-state index contributed by atoms with van der Waals surface area (Å²) < 4.78 is 1.63. The summed E-state index contributed by atoms with van der Waals surface area (Å²) in [7, 11) is 4.38. The fraction of sp³-hybridized carbons (Fsp3) is 0.385. The first-order chi connectivity index (χ1) is 15.8. The van der Waals surface area contributed by atoms with Gasteiger partial charge in [-0.3, -0.25) is 9.48 Å². The molecule has 5 rings (SSSR count). The first kappa shape index (κ1) is 22.4. The second-order valence-corrected chi connectivity index (χ2v) is 10.8. The number of benzene rings is 2.